The molecule has 10 heteroatoms. The SMILES string of the molecule is COc1ccccc1N1C[C@@H](C(=O)OCc2csc(N(C(C)=O)c3ccccc3OC)n2)CC1=O. The third-order valence-corrected chi connectivity index (χ3v) is 6.44. The summed E-state index contributed by atoms with van der Waals surface area (Å²) < 4.78 is 16.2. The highest BCUT2D eigenvalue weighted by Gasteiger charge is 2.37. The van der Waals surface area contributed by atoms with Gasteiger partial charge in [-0.05, 0) is 24.3 Å². The zero-order valence-electron chi connectivity index (χ0n) is 19.6. The topological polar surface area (TPSA) is 98.3 Å². The average molecular weight is 496 g/mol. The number of thiazole rings is 1. The molecule has 0 radical (unpaired) electrons. The Hall–Kier alpha value is -3.92. The fourth-order valence-electron chi connectivity index (χ4n) is 3.90. The number of carbonyl (C=O) groups excluding carboxylic acids is 3. The van der Waals surface area contributed by atoms with Gasteiger partial charge in [0, 0.05) is 25.3 Å². The van der Waals surface area contributed by atoms with E-state index in [1.807, 2.05) is 18.2 Å². The fourth-order valence-corrected chi connectivity index (χ4v) is 4.77. The Morgan fingerprint density at radius 1 is 1.09 bits per heavy atom. The molecule has 0 unspecified atom stereocenters. The molecule has 0 bridgehead atoms. The van der Waals surface area contributed by atoms with E-state index >= 15 is 0 Å². The Labute approximate surface area is 206 Å². The van der Waals surface area contributed by atoms with Crippen molar-refractivity contribution in [2.45, 2.75) is 20.0 Å². The number of esters is 1. The summed E-state index contributed by atoms with van der Waals surface area (Å²) in [7, 11) is 3.07. The van der Waals surface area contributed by atoms with Crippen LogP contribution in [0.15, 0.2) is 53.9 Å². The van der Waals surface area contributed by atoms with Crippen molar-refractivity contribution in [3.8, 4) is 11.5 Å². The maximum atomic E-state index is 12.7. The molecular weight excluding hydrogens is 470 g/mol. The van der Waals surface area contributed by atoms with Gasteiger partial charge in [0.1, 0.15) is 18.1 Å². The Balaban J connectivity index is 1.42. The highest BCUT2D eigenvalue weighted by atomic mass is 32.1. The first-order valence-electron chi connectivity index (χ1n) is 10.9. The van der Waals surface area contributed by atoms with Crippen LogP contribution in [-0.2, 0) is 25.7 Å². The first-order valence-corrected chi connectivity index (χ1v) is 11.8. The van der Waals surface area contributed by atoms with E-state index in [0.29, 0.717) is 33.7 Å². The van der Waals surface area contributed by atoms with Gasteiger partial charge in [0.05, 0.1) is 37.2 Å². The summed E-state index contributed by atoms with van der Waals surface area (Å²) in [6.45, 7) is 1.59. The predicted octanol–water partition coefficient (Wildman–Crippen LogP) is 3.94. The zero-order valence-corrected chi connectivity index (χ0v) is 20.4. The second kappa shape index (κ2) is 10.6. The number of methoxy groups -OCH3 is 2. The van der Waals surface area contributed by atoms with Crippen molar-refractivity contribution in [2.75, 3.05) is 30.6 Å². The molecule has 1 aromatic heterocycles. The summed E-state index contributed by atoms with van der Waals surface area (Å²) in [5.41, 5.74) is 1.70. The number of carbonyl (C=O) groups is 3. The van der Waals surface area contributed by atoms with Crippen LogP contribution in [0.1, 0.15) is 19.0 Å². The molecule has 4 rings (SSSR count). The Kier molecular flexibility index (Phi) is 7.31. The summed E-state index contributed by atoms with van der Waals surface area (Å²) in [5, 5.41) is 2.17. The number of benzene rings is 2. The molecule has 1 saturated heterocycles. The molecule has 1 aliphatic rings. The number of nitrogens with zero attached hydrogens (tertiary/aromatic N) is 3. The maximum absolute atomic E-state index is 12.7. The molecule has 1 fully saturated rings. The van der Waals surface area contributed by atoms with Gasteiger partial charge in [-0.1, -0.05) is 24.3 Å². The smallest absolute Gasteiger partial charge is 0.311 e. The fraction of sp³-hybridized carbons (Fsp3) is 0.280. The Bertz CT molecular complexity index is 1240. The van der Waals surface area contributed by atoms with Gasteiger partial charge in [0.25, 0.3) is 0 Å². The lowest BCUT2D eigenvalue weighted by molar-refractivity contribution is -0.149. The quantitative estimate of drug-likeness (QED) is 0.437. The number of ether oxygens (including phenoxy) is 3. The van der Waals surface area contributed by atoms with Gasteiger partial charge < -0.3 is 19.1 Å². The van der Waals surface area contributed by atoms with E-state index in [-0.39, 0.29) is 31.4 Å². The van der Waals surface area contributed by atoms with E-state index in [9.17, 15) is 14.4 Å². The van der Waals surface area contributed by atoms with Gasteiger partial charge in [-0.3, -0.25) is 19.3 Å². The minimum absolute atomic E-state index is 0.0606. The molecular formula is C25H25N3O6S. The van der Waals surface area contributed by atoms with Crippen LogP contribution in [0.2, 0.25) is 0 Å². The first-order chi connectivity index (χ1) is 16.9. The third kappa shape index (κ3) is 5.12. The van der Waals surface area contributed by atoms with Gasteiger partial charge in [0.2, 0.25) is 11.8 Å². The molecule has 0 aliphatic carbocycles. The van der Waals surface area contributed by atoms with Crippen molar-refractivity contribution < 1.29 is 28.6 Å². The van der Waals surface area contributed by atoms with E-state index in [1.54, 1.807) is 40.6 Å². The molecule has 0 saturated carbocycles. The lowest BCUT2D eigenvalue weighted by Crippen LogP contribution is -2.26. The molecule has 1 atom stereocenters. The number of amides is 2. The molecule has 0 N–H and O–H groups in total. The largest absolute Gasteiger partial charge is 0.495 e. The van der Waals surface area contributed by atoms with E-state index in [0.717, 1.165) is 0 Å². The predicted molar refractivity (Wildman–Crippen MR) is 131 cm³/mol. The van der Waals surface area contributed by atoms with Crippen molar-refractivity contribution >= 4 is 45.6 Å². The average Bonchev–Trinajstić information content (AvgIpc) is 3.49. The number of aromatic nitrogens is 1. The molecule has 2 aromatic carbocycles. The molecule has 182 valence electrons. The summed E-state index contributed by atoms with van der Waals surface area (Å²) in [4.78, 5) is 45.1. The summed E-state index contributed by atoms with van der Waals surface area (Å²) >= 11 is 1.26. The molecule has 2 heterocycles. The summed E-state index contributed by atoms with van der Waals surface area (Å²) in [6.07, 6.45) is 0.0606. The second-order valence-electron chi connectivity index (χ2n) is 7.83. The van der Waals surface area contributed by atoms with E-state index < -0.39 is 11.9 Å². The number of hydrogen-bond donors (Lipinski definition) is 0. The van der Waals surface area contributed by atoms with Crippen molar-refractivity contribution in [3.05, 3.63) is 59.6 Å². The highest BCUT2D eigenvalue weighted by Crippen LogP contribution is 2.36. The van der Waals surface area contributed by atoms with Crippen LogP contribution in [0.3, 0.4) is 0 Å². The van der Waals surface area contributed by atoms with E-state index in [2.05, 4.69) is 4.98 Å². The van der Waals surface area contributed by atoms with E-state index in [1.165, 1.54) is 37.4 Å². The Morgan fingerprint density at radius 3 is 2.49 bits per heavy atom. The van der Waals surface area contributed by atoms with Gasteiger partial charge in [-0.2, -0.15) is 0 Å². The molecule has 35 heavy (non-hydrogen) atoms. The first kappa shape index (κ1) is 24.2. The number of para-hydroxylation sites is 4. The normalized spacial score (nSPS) is 15.1. The van der Waals surface area contributed by atoms with Crippen LogP contribution in [0.4, 0.5) is 16.5 Å². The minimum atomic E-state index is -0.590. The van der Waals surface area contributed by atoms with Gasteiger partial charge in [0.15, 0.2) is 5.13 Å². The monoisotopic (exact) mass is 495 g/mol. The molecule has 2 amide bonds. The standard InChI is InChI=1S/C25H25N3O6S/c1-16(29)28(20-9-5-7-11-22(20)33-3)25-26-18(15-35-25)14-34-24(31)17-12-23(30)27(13-17)19-8-4-6-10-21(19)32-2/h4-11,15,17H,12-14H2,1-3H3/t17-/m0/s1. The van der Waals surface area contributed by atoms with Gasteiger partial charge in [-0.25, -0.2) is 4.98 Å². The molecule has 1 aliphatic heterocycles. The number of rotatable bonds is 8. The maximum Gasteiger partial charge on any atom is 0.311 e. The minimum Gasteiger partial charge on any atom is -0.495 e. The molecule has 9 nitrogen and oxygen atoms in total. The third-order valence-electron chi connectivity index (χ3n) is 5.57. The Morgan fingerprint density at radius 2 is 1.77 bits per heavy atom. The number of anilines is 3. The second-order valence-corrected chi connectivity index (χ2v) is 8.67. The molecule has 0 spiro atoms. The van der Waals surface area contributed by atoms with Gasteiger partial charge in [-0.15, -0.1) is 11.3 Å². The lowest BCUT2D eigenvalue weighted by Gasteiger charge is -2.20. The van der Waals surface area contributed by atoms with Crippen molar-refractivity contribution in [1.82, 2.24) is 4.98 Å². The van der Waals surface area contributed by atoms with Crippen molar-refractivity contribution in [2.24, 2.45) is 5.92 Å². The van der Waals surface area contributed by atoms with Crippen LogP contribution in [0, 0.1) is 5.92 Å². The zero-order chi connectivity index (χ0) is 24.9. The summed E-state index contributed by atoms with van der Waals surface area (Å²) in [5.74, 6) is -0.354. The van der Waals surface area contributed by atoms with Gasteiger partial charge >= 0.3 is 5.97 Å². The molecule has 3 aromatic rings. The number of hydrogen-bond acceptors (Lipinski definition) is 8. The van der Waals surface area contributed by atoms with Crippen molar-refractivity contribution in [3.63, 3.8) is 0 Å². The lowest BCUT2D eigenvalue weighted by atomic mass is 10.1. The van der Waals surface area contributed by atoms with Crippen LogP contribution in [-0.4, -0.2) is 43.5 Å². The van der Waals surface area contributed by atoms with Crippen molar-refractivity contribution in [1.29, 1.82) is 0 Å². The highest BCUT2D eigenvalue weighted by molar-refractivity contribution is 7.14. The van der Waals surface area contributed by atoms with Crippen LogP contribution in [0.5, 0.6) is 11.5 Å². The van der Waals surface area contributed by atoms with Crippen LogP contribution >= 0.6 is 11.3 Å². The van der Waals surface area contributed by atoms with Crippen LogP contribution < -0.4 is 19.3 Å². The van der Waals surface area contributed by atoms with Crippen LogP contribution in [0.25, 0.3) is 0 Å². The summed E-state index contributed by atoms with van der Waals surface area (Å²) in [6, 6.07) is 14.3. The van der Waals surface area contributed by atoms with E-state index in [4.69, 9.17) is 14.2 Å².